The Labute approximate surface area is 158 Å². The number of amides is 1. The second-order valence-electron chi connectivity index (χ2n) is 5.19. The van der Waals surface area contributed by atoms with E-state index in [0.29, 0.717) is 22.2 Å². The van der Waals surface area contributed by atoms with Gasteiger partial charge in [-0.25, -0.2) is 9.37 Å². The lowest BCUT2D eigenvalue weighted by atomic mass is 10.2. The summed E-state index contributed by atoms with van der Waals surface area (Å²) in [4.78, 5) is 16.7. The standard InChI is InChI=1S/C18H14ClFN2O3S/c1-24-15-6-3-10(7-16(15)25-2)18-22-14(9-26-18)17(23)21-11-4-5-13(20)12(19)8-11/h3-9H,1-2H3,(H,21,23). The molecule has 0 spiro atoms. The second-order valence-corrected chi connectivity index (χ2v) is 6.46. The number of benzene rings is 2. The Morgan fingerprint density at radius 3 is 2.62 bits per heavy atom. The molecule has 0 saturated carbocycles. The first-order valence-corrected chi connectivity index (χ1v) is 8.72. The number of thiazole rings is 1. The number of ether oxygens (including phenoxy) is 2. The Bertz CT molecular complexity index is 961. The van der Waals surface area contributed by atoms with E-state index >= 15 is 0 Å². The first-order valence-electron chi connectivity index (χ1n) is 7.46. The number of hydrogen-bond acceptors (Lipinski definition) is 5. The van der Waals surface area contributed by atoms with Crippen LogP contribution in [0, 0.1) is 5.82 Å². The van der Waals surface area contributed by atoms with E-state index in [9.17, 15) is 9.18 Å². The summed E-state index contributed by atoms with van der Waals surface area (Å²) in [6.45, 7) is 0. The van der Waals surface area contributed by atoms with E-state index in [1.807, 2.05) is 6.07 Å². The average molecular weight is 393 g/mol. The van der Waals surface area contributed by atoms with Crippen LogP contribution in [-0.4, -0.2) is 25.1 Å². The molecule has 0 aliphatic carbocycles. The van der Waals surface area contributed by atoms with Crippen molar-refractivity contribution in [2.45, 2.75) is 0 Å². The zero-order valence-electron chi connectivity index (χ0n) is 13.9. The van der Waals surface area contributed by atoms with Crippen LogP contribution in [0.25, 0.3) is 10.6 Å². The molecule has 2 aromatic carbocycles. The maximum atomic E-state index is 13.2. The van der Waals surface area contributed by atoms with Gasteiger partial charge in [0.2, 0.25) is 0 Å². The number of nitrogens with zero attached hydrogens (tertiary/aromatic N) is 1. The first-order chi connectivity index (χ1) is 12.5. The lowest BCUT2D eigenvalue weighted by molar-refractivity contribution is 0.102. The quantitative estimate of drug-likeness (QED) is 0.672. The SMILES string of the molecule is COc1ccc(-c2nc(C(=O)Nc3ccc(F)c(Cl)c3)cs2)cc1OC. The number of anilines is 1. The van der Waals surface area contributed by atoms with Crippen molar-refractivity contribution >= 4 is 34.5 Å². The van der Waals surface area contributed by atoms with Crippen molar-refractivity contribution in [1.29, 1.82) is 0 Å². The van der Waals surface area contributed by atoms with Gasteiger partial charge in [-0.15, -0.1) is 11.3 Å². The van der Waals surface area contributed by atoms with Gasteiger partial charge in [-0.05, 0) is 36.4 Å². The fraction of sp³-hybridized carbons (Fsp3) is 0.111. The van der Waals surface area contributed by atoms with Crippen molar-refractivity contribution in [3.63, 3.8) is 0 Å². The van der Waals surface area contributed by atoms with E-state index in [2.05, 4.69) is 10.3 Å². The Kier molecular flexibility index (Phi) is 5.39. The molecule has 134 valence electrons. The molecule has 26 heavy (non-hydrogen) atoms. The van der Waals surface area contributed by atoms with Crippen LogP contribution in [0.5, 0.6) is 11.5 Å². The van der Waals surface area contributed by atoms with E-state index in [1.165, 1.54) is 29.5 Å². The van der Waals surface area contributed by atoms with Gasteiger partial charge in [0, 0.05) is 16.6 Å². The third-order valence-corrected chi connectivity index (χ3v) is 4.73. The topological polar surface area (TPSA) is 60.5 Å². The number of aromatic nitrogens is 1. The Morgan fingerprint density at radius 2 is 1.92 bits per heavy atom. The van der Waals surface area contributed by atoms with Crippen LogP contribution < -0.4 is 14.8 Å². The maximum absolute atomic E-state index is 13.2. The Balaban J connectivity index is 1.80. The normalized spacial score (nSPS) is 10.5. The largest absolute Gasteiger partial charge is 0.493 e. The van der Waals surface area contributed by atoms with Crippen molar-refractivity contribution in [3.8, 4) is 22.1 Å². The van der Waals surface area contributed by atoms with Gasteiger partial charge in [0.1, 0.15) is 16.5 Å². The number of nitrogens with one attached hydrogen (secondary N) is 1. The molecule has 0 radical (unpaired) electrons. The van der Waals surface area contributed by atoms with Crippen LogP contribution in [0.4, 0.5) is 10.1 Å². The fourth-order valence-electron chi connectivity index (χ4n) is 2.25. The summed E-state index contributed by atoms with van der Waals surface area (Å²) in [5, 5.41) is 4.88. The van der Waals surface area contributed by atoms with Gasteiger partial charge < -0.3 is 14.8 Å². The van der Waals surface area contributed by atoms with Gasteiger partial charge in [0.05, 0.1) is 19.2 Å². The van der Waals surface area contributed by atoms with Gasteiger partial charge in [0.25, 0.3) is 5.91 Å². The van der Waals surface area contributed by atoms with Crippen molar-refractivity contribution in [1.82, 2.24) is 4.98 Å². The van der Waals surface area contributed by atoms with E-state index in [4.69, 9.17) is 21.1 Å². The first kappa shape index (κ1) is 18.2. The summed E-state index contributed by atoms with van der Waals surface area (Å²) in [5.41, 5.74) is 1.44. The highest BCUT2D eigenvalue weighted by molar-refractivity contribution is 7.13. The number of carbonyl (C=O) groups is 1. The predicted octanol–water partition coefficient (Wildman–Crippen LogP) is 4.87. The summed E-state index contributed by atoms with van der Waals surface area (Å²) >= 11 is 7.04. The average Bonchev–Trinajstić information content (AvgIpc) is 3.14. The molecule has 0 atom stereocenters. The second kappa shape index (κ2) is 7.72. The van der Waals surface area contributed by atoms with Gasteiger partial charge in [-0.3, -0.25) is 4.79 Å². The number of halogens is 2. The minimum atomic E-state index is -0.547. The molecule has 0 aliphatic rings. The lowest BCUT2D eigenvalue weighted by Crippen LogP contribution is -2.12. The number of methoxy groups -OCH3 is 2. The monoisotopic (exact) mass is 392 g/mol. The van der Waals surface area contributed by atoms with Gasteiger partial charge in [-0.1, -0.05) is 11.6 Å². The molecule has 0 aliphatic heterocycles. The maximum Gasteiger partial charge on any atom is 0.275 e. The Hall–Kier alpha value is -2.64. The lowest BCUT2D eigenvalue weighted by Gasteiger charge is -2.08. The molecule has 1 amide bonds. The van der Waals surface area contributed by atoms with E-state index in [-0.39, 0.29) is 10.7 Å². The number of hydrogen-bond donors (Lipinski definition) is 1. The van der Waals surface area contributed by atoms with Gasteiger partial charge >= 0.3 is 0 Å². The summed E-state index contributed by atoms with van der Waals surface area (Å²) in [7, 11) is 3.11. The predicted molar refractivity (Wildman–Crippen MR) is 100 cm³/mol. The molecule has 0 saturated heterocycles. The van der Waals surface area contributed by atoms with Crippen molar-refractivity contribution in [2.24, 2.45) is 0 Å². The number of carbonyl (C=O) groups excluding carboxylic acids is 1. The zero-order chi connectivity index (χ0) is 18.7. The molecule has 5 nitrogen and oxygen atoms in total. The van der Waals surface area contributed by atoms with E-state index in [1.54, 1.807) is 31.7 Å². The summed E-state index contributed by atoms with van der Waals surface area (Å²) in [5.74, 6) is 0.232. The Morgan fingerprint density at radius 1 is 1.15 bits per heavy atom. The van der Waals surface area contributed by atoms with E-state index in [0.717, 1.165) is 5.56 Å². The van der Waals surface area contributed by atoms with Crippen LogP contribution in [0.1, 0.15) is 10.5 Å². The van der Waals surface area contributed by atoms with E-state index < -0.39 is 11.7 Å². The molecule has 0 fully saturated rings. The molecule has 1 N–H and O–H groups in total. The molecular formula is C18H14ClFN2O3S. The molecule has 0 bridgehead atoms. The highest BCUT2D eigenvalue weighted by Crippen LogP contribution is 2.33. The molecule has 0 unspecified atom stereocenters. The van der Waals surface area contributed by atoms with Crippen LogP contribution in [-0.2, 0) is 0 Å². The van der Waals surface area contributed by atoms with Crippen LogP contribution in [0.3, 0.4) is 0 Å². The van der Waals surface area contributed by atoms with Crippen molar-refractivity contribution < 1.29 is 18.7 Å². The molecule has 1 heterocycles. The third kappa shape index (κ3) is 3.79. The fourth-order valence-corrected chi connectivity index (χ4v) is 3.23. The van der Waals surface area contributed by atoms with Crippen molar-refractivity contribution in [3.05, 3.63) is 58.3 Å². The highest BCUT2D eigenvalue weighted by atomic mass is 35.5. The van der Waals surface area contributed by atoms with Crippen molar-refractivity contribution in [2.75, 3.05) is 19.5 Å². The van der Waals surface area contributed by atoms with Crippen LogP contribution >= 0.6 is 22.9 Å². The molecular weight excluding hydrogens is 379 g/mol. The zero-order valence-corrected chi connectivity index (χ0v) is 15.5. The highest BCUT2D eigenvalue weighted by Gasteiger charge is 2.14. The van der Waals surface area contributed by atoms with Crippen LogP contribution in [0.15, 0.2) is 41.8 Å². The smallest absolute Gasteiger partial charge is 0.275 e. The number of rotatable bonds is 5. The third-order valence-electron chi connectivity index (χ3n) is 3.54. The molecule has 3 aromatic rings. The molecule has 1 aromatic heterocycles. The minimum absolute atomic E-state index is 0.0629. The summed E-state index contributed by atoms with van der Waals surface area (Å²) < 4.78 is 23.7. The minimum Gasteiger partial charge on any atom is -0.493 e. The van der Waals surface area contributed by atoms with Gasteiger partial charge in [0.15, 0.2) is 11.5 Å². The molecule has 8 heteroatoms. The molecule has 3 rings (SSSR count). The summed E-state index contributed by atoms with van der Waals surface area (Å²) in [6.07, 6.45) is 0. The van der Waals surface area contributed by atoms with Gasteiger partial charge in [-0.2, -0.15) is 0 Å². The van der Waals surface area contributed by atoms with Crippen LogP contribution in [0.2, 0.25) is 5.02 Å². The summed E-state index contributed by atoms with van der Waals surface area (Å²) in [6, 6.07) is 9.36.